The average molecular weight is 519 g/mol. The molecule has 2 nitrogen and oxygen atoms in total. The molecule has 1 heterocycles. The van der Waals surface area contributed by atoms with Crippen LogP contribution in [0, 0.1) is 0 Å². The number of rotatable bonds is 24. The molecule has 0 radical (unpaired) electrons. The second-order valence-electron chi connectivity index (χ2n) is 10.3. The summed E-state index contributed by atoms with van der Waals surface area (Å²) in [6.07, 6.45) is 28.1. The van der Waals surface area contributed by atoms with Gasteiger partial charge in [0.25, 0.3) is 0 Å². The summed E-state index contributed by atoms with van der Waals surface area (Å²) in [4.78, 5) is 4.89. The zero-order valence-electron chi connectivity index (χ0n) is 23.1. The Morgan fingerprint density at radius 2 is 1.03 bits per heavy atom. The molecule has 0 amide bonds. The minimum absolute atomic E-state index is 1.15. The van der Waals surface area contributed by atoms with Gasteiger partial charge in [0.2, 0.25) is 0 Å². The SMILES string of the molecule is CCCCCCCCCCCCN(CCCCCCCCCCCC)Sc1nc2ccccc2s1. The zero-order chi connectivity index (χ0) is 24.8. The molecule has 0 spiro atoms. The largest absolute Gasteiger partial charge is 0.244 e. The van der Waals surface area contributed by atoms with Gasteiger partial charge in [0.05, 0.1) is 10.2 Å². The molecule has 0 aliphatic carbocycles. The Hall–Kier alpha value is -0.580. The minimum atomic E-state index is 1.15. The summed E-state index contributed by atoms with van der Waals surface area (Å²) in [5, 5.41) is 0. The molecule has 0 unspecified atom stereocenters. The third-order valence-electron chi connectivity index (χ3n) is 7.00. The predicted octanol–water partition coefficient (Wildman–Crippen LogP) is 11.4. The summed E-state index contributed by atoms with van der Waals surface area (Å²) in [6, 6.07) is 8.57. The molecule has 35 heavy (non-hydrogen) atoms. The van der Waals surface area contributed by atoms with Crippen LogP contribution in [0.2, 0.25) is 0 Å². The first kappa shape index (κ1) is 30.6. The fourth-order valence-corrected chi connectivity index (χ4v) is 6.99. The summed E-state index contributed by atoms with van der Waals surface area (Å²) in [6.45, 7) is 7.01. The van der Waals surface area contributed by atoms with Gasteiger partial charge < -0.3 is 0 Å². The van der Waals surface area contributed by atoms with E-state index >= 15 is 0 Å². The molecule has 1 aromatic heterocycles. The van der Waals surface area contributed by atoms with Gasteiger partial charge in [0.15, 0.2) is 4.34 Å². The molecule has 0 fully saturated rings. The number of benzene rings is 1. The quantitative estimate of drug-likeness (QED) is 0.101. The Morgan fingerprint density at radius 1 is 0.600 bits per heavy atom. The van der Waals surface area contributed by atoms with Crippen molar-refractivity contribution in [3.8, 4) is 0 Å². The van der Waals surface area contributed by atoms with Crippen LogP contribution in [0.15, 0.2) is 28.6 Å². The molecule has 2 rings (SSSR count). The van der Waals surface area contributed by atoms with Crippen molar-refractivity contribution in [3.05, 3.63) is 24.3 Å². The summed E-state index contributed by atoms with van der Waals surface area (Å²) in [7, 11) is 0. The highest BCUT2D eigenvalue weighted by molar-refractivity contribution is 7.98. The molecule has 200 valence electrons. The minimum Gasteiger partial charge on any atom is -0.244 e. The van der Waals surface area contributed by atoms with E-state index in [0.29, 0.717) is 0 Å². The van der Waals surface area contributed by atoms with E-state index in [1.54, 1.807) is 0 Å². The van der Waals surface area contributed by atoms with Gasteiger partial charge in [-0.05, 0) is 36.9 Å². The first-order valence-electron chi connectivity index (χ1n) is 15.1. The topological polar surface area (TPSA) is 16.1 Å². The molecule has 0 aliphatic heterocycles. The Labute approximate surface area is 226 Å². The van der Waals surface area contributed by atoms with Crippen molar-refractivity contribution in [2.45, 2.75) is 147 Å². The van der Waals surface area contributed by atoms with Crippen LogP contribution in [0.4, 0.5) is 0 Å². The zero-order valence-corrected chi connectivity index (χ0v) is 24.7. The number of hydrogen-bond donors (Lipinski definition) is 0. The van der Waals surface area contributed by atoms with Crippen molar-refractivity contribution in [2.24, 2.45) is 0 Å². The third kappa shape index (κ3) is 15.3. The van der Waals surface area contributed by atoms with E-state index in [0.717, 1.165) is 5.52 Å². The average Bonchev–Trinajstić information content (AvgIpc) is 3.28. The molecule has 0 saturated heterocycles. The Balaban J connectivity index is 1.63. The standard InChI is InChI=1S/C31H54N2S2/c1-3-5-7-9-11-13-15-17-19-23-27-33(28-24-20-18-16-14-12-10-8-6-4-2)35-31-32-29-25-21-22-26-30(29)34-31/h21-22,25-26H,3-20,23-24,27-28H2,1-2H3. The van der Waals surface area contributed by atoms with Crippen LogP contribution in [0.25, 0.3) is 10.2 Å². The molecule has 0 atom stereocenters. The molecular weight excluding hydrogens is 464 g/mol. The number of para-hydroxylation sites is 1. The van der Waals surface area contributed by atoms with E-state index in [1.807, 2.05) is 23.3 Å². The van der Waals surface area contributed by atoms with Gasteiger partial charge in [-0.15, -0.1) is 11.3 Å². The number of aromatic nitrogens is 1. The Kier molecular flexibility index (Phi) is 18.8. The van der Waals surface area contributed by atoms with Crippen molar-refractivity contribution in [1.29, 1.82) is 0 Å². The van der Waals surface area contributed by atoms with Crippen LogP contribution in [0.1, 0.15) is 142 Å². The molecule has 0 bridgehead atoms. The van der Waals surface area contributed by atoms with Crippen LogP contribution in [0.5, 0.6) is 0 Å². The molecule has 0 N–H and O–H groups in total. The second kappa shape index (κ2) is 21.5. The van der Waals surface area contributed by atoms with Crippen LogP contribution in [0.3, 0.4) is 0 Å². The van der Waals surface area contributed by atoms with E-state index in [4.69, 9.17) is 4.98 Å². The monoisotopic (exact) mass is 518 g/mol. The number of nitrogens with zero attached hydrogens (tertiary/aromatic N) is 2. The lowest BCUT2D eigenvalue weighted by Crippen LogP contribution is -2.18. The van der Waals surface area contributed by atoms with Gasteiger partial charge in [-0.25, -0.2) is 9.29 Å². The molecule has 0 saturated carbocycles. The van der Waals surface area contributed by atoms with Crippen molar-refractivity contribution >= 4 is 33.5 Å². The van der Waals surface area contributed by atoms with Crippen LogP contribution in [-0.2, 0) is 0 Å². The highest BCUT2D eigenvalue weighted by atomic mass is 32.2. The van der Waals surface area contributed by atoms with E-state index < -0.39 is 0 Å². The van der Waals surface area contributed by atoms with E-state index in [1.165, 1.54) is 151 Å². The van der Waals surface area contributed by atoms with Crippen LogP contribution < -0.4 is 0 Å². The number of hydrogen-bond acceptors (Lipinski definition) is 4. The number of thiazole rings is 1. The molecule has 4 heteroatoms. The van der Waals surface area contributed by atoms with Crippen LogP contribution in [-0.4, -0.2) is 22.4 Å². The van der Waals surface area contributed by atoms with Crippen molar-refractivity contribution in [3.63, 3.8) is 0 Å². The van der Waals surface area contributed by atoms with E-state index in [9.17, 15) is 0 Å². The first-order chi connectivity index (χ1) is 17.3. The molecule has 2 aromatic rings. The Morgan fingerprint density at radius 3 is 1.49 bits per heavy atom. The van der Waals surface area contributed by atoms with E-state index in [2.05, 4.69) is 42.4 Å². The van der Waals surface area contributed by atoms with Gasteiger partial charge >= 0.3 is 0 Å². The maximum absolute atomic E-state index is 4.89. The fourth-order valence-electron chi connectivity index (χ4n) is 4.75. The number of fused-ring (bicyclic) bond motifs is 1. The first-order valence-corrected chi connectivity index (χ1v) is 16.7. The summed E-state index contributed by atoms with van der Waals surface area (Å²) < 4.78 is 5.14. The lowest BCUT2D eigenvalue weighted by atomic mass is 10.1. The van der Waals surface area contributed by atoms with Gasteiger partial charge in [0.1, 0.15) is 0 Å². The fraction of sp³-hybridized carbons (Fsp3) is 0.774. The highest BCUT2D eigenvalue weighted by Crippen LogP contribution is 2.32. The van der Waals surface area contributed by atoms with Crippen molar-refractivity contribution in [2.75, 3.05) is 13.1 Å². The smallest absolute Gasteiger partial charge is 0.166 e. The van der Waals surface area contributed by atoms with Crippen molar-refractivity contribution < 1.29 is 0 Å². The third-order valence-corrected chi connectivity index (χ3v) is 9.18. The summed E-state index contributed by atoms with van der Waals surface area (Å²) >= 11 is 3.77. The summed E-state index contributed by atoms with van der Waals surface area (Å²) in [5.41, 5.74) is 1.15. The van der Waals surface area contributed by atoms with Gasteiger partial charge in [-0.1, -0.05) is 142 Å². The van der Waals surface area contributed by atoms with Gasteiger partial charge in [-0.3, -0.25) is 0 Å². The van der Waals surface area contributed by atoms with Gasteiger partial charge in [0, 0.05) is 13.1 Å². The van der Waals surface area contributed by atoms with Gasteiger partial charge in [-0.2, -0.15) is 0 Å². The number of unbranched alkanes of at least 4 members (excludes halogenated alkanes) is 18. The van der Waals surface area contributed by atoms with Crippen LogP contribution >= 0.6 is 23.3 Å². The molecule has 1 aromatic carbocycles. The molecule has 0 aliphatic rings. The maximum atomic E-state index is 4.89. The van der Waals surface area contributed by atoms with Crippen molar-refractivity contribution in [1.82, 2.24) is 9.29 Å². The normalized spacial score (nSPS) is 11.7. The lowest BCUT2D eigenvalue weighted by Gasteiger charge is -2.19. The predicted molar refractivity (Wildman–Crippen MR) is 161 cm³/mol. The maximum Gasteiger partial charge on any atom is 0.166 e. The summed E-state index contributed by atoms with van der Waals surface area (Å²) in [5.74, 6) is 0. The second-order valence-corrected chi connectivity index (χ2v) is 12.7. The molecular formula is C31H54N2S2. The van der Waals surface area contributed by atoms with E-state index in [-0.39, 0.29) is 0 Å². The highest BCUT2D eigenvalue weighted by Gasteiger charge is 2.11. The lowest BCUT2D eigenvalue weighted by molar-refractivity contribution is 0.422. The Bertz CT molecular complexity index is 673.